The summed E-state index contributed by atoms with van der Waals surface area (Å²) < 4.78 is 25.7. The van der Waals surface area contributed by atoms with Gasteiger partial charge in [-0.3, -0.25) is 0 Å². The third kappa shape index (κ3) is 6.41. The molecule has 0 unspecified atom stereocenters. The number of nitrogens with one attached hydrogen (secondary N) is 1. The van der Waals surface area contributed by atoms with Crippen molar-refractivity contribution in [3.63, 3.8) is 0 Å². The van der Waals surface area contributed by atoms with Crippen LogP contribution in [-0.4, -0.2) is 32.4 Å². The molecule has 0 fully saturated rings. The van der Waals surface area contributed by atoms with E-state index in [0.29, 0.717) is 25.8 Å². The van der Waals surface area contributed by atoms with Crippen molar-refractivity contribution in [2.75, 3.05) is 18.9 Å². The van der Waals surface area contributed by atoms with Crippen LogP contribution in [0.4, 0.5) is 0 Å². The van der Waals surface area contributed by atoms with Crippen molar-refractivity contribution >= 4 is 10.0 Å². The summed E-state index contributed by atoms with van der Waals surface area (Å²) in [6.45, 7) is 0.503. The Hall–Kier alpha value is -0.910. The summed E-state index contributed by atoms with van der Waals surface area (Å²) in [4.78, 5) is 0. The van der Waals surface area contributed by atoms with E-state index in [1.807, 2.05) is 30.3 Å². The highest BCUT2D eigenvalue weighted by molar-refractivity contribution is 7.89. The van der Waals surface area contributed by atoms with Crippen LogP contribution < -0.4 is 4.72 Å². The second-order valence-electron chi connectivity index (χ2n) is 3.88. The lowest BCUT2D eigenvalue weighted by Crippen LogP contribution is -2.28. The molecule has 2 N–H and O–H groups in total. The van der Waals surface area contributed by atoms with Crippen LogP contribution in [0.15, 0.2) is 30.3 Å². The summed E-state index contributed by atoms with van der Waals surface area (Å²) in [5.74, 6) is 0.107. The monoisotopic (exact) mass is 257 g/mol. The highest BCUT2D eigenvalue weighted by atomic mass is 32.2. The van der Waals surface area contributed by atoms with E-state index in [-0.39, 0.29) is 12.4 Å². The molecule has 1 aromatic rings. The fraction of sp³-hybridized carbons (Fsp3) is 0.500. The van der Waals surface area contributed by atoms with Gasteiger partial charge in [0.25, 0.3) is 0 Å². The number of aryl methyl sites for hydroxylation is 1. The Balaban J connectivity index is 2.30. The minimum Gasteiger partial charge on any atom is -0.396 e. The summed E-state index contributed by atoms with van der Waals surface area (Å²) in [6, 6.07) is 9.54. The molecule has 1 rings (SSSR count). The Morgan fingerprint density at radius 1 is 1.12 bits per heavy atom. The summed E-state index contributed by atoms with van der Waals surface area (Å²) in [5, 5.41) is 8.57. The zero-order chi connectivity index (χ0) is 12.6. The Morgan fingerprint density at radius 2 is 1.82 bits per heavy atom. The molecule has 4 nitrogen and oxygen atoms in total. The average Bonchev–Trinajstić information content (AvgIpc) is 2.34. The Morgan fingerprint density at radius 3 is 2.47 bits per heavy atom. The lowest BCUT2D eigenvalue weighted by molar-refractivity contribution is 0.285. The molecule has 0 aliphatic carbocycles. The summed E-state index contributed by atoms with van der Waals surface area (Å²) in [6.07, 6.45) is 1.82. The molecule has 0 radical (unpaired) electrons. The Labute approximate surface area is 103 Å². The van der Waals surface area contributed by atoms with Crippen molar-refractivity contribution in [1.82, 2.24) is 4.72 Å². The van der Waals surface area contributed by atoms with Gasteiger partial charge in [-0.05, 0) is 24.8 Å². The van der Waals surface area contributed by atoms with E-state index in [4.69, 9.17) is 5.11 Å². The average molecular weight is 257 g/mol. The second kappa shape index (κ2) is 7.42. The second-order valence-corrected chi connectivity index (χ2v) is 5.81. The van der Waals surface area contributed by atoms with Crippen LogP contribution in [-0.2, 0) is 16.4 Å². The van der Waals surface area contributed by atoms with Gasteiger partial charge >= 0.3 is 0 Å². The predicted octanol–water partition coefficient (Wildman–Crippen LogP) is 0.921. The molecule has 0 aliphatic rings. The molecular weight excluding hydrogens is 238 g/mol. The van der Waals surface area contributed by atoms with Crippen LogP contribution in [0.2, 0.25) is 0 Å². The first-order chi connectivity index (χ1) is 8.14. The summed E-state index contributed by atoms with van der Waals surface area (Å²) in [5.41, 5.74) is 1.02. The number of aliphatic hydroxyl groups excluding tert-OH is 1. The molecule has 0 saturated heterocycles. The van der Waals surface area contributed by atoms with Crippen LogP contribution in [0.3, 0.4) is 0 Å². The van der Waals surface area contributed by atoms with Crippen LogP contribution in [0.5, 0.6) is 0 Å². The van der Waals surface area contributed by atoms with Crippen molar-refractivity contribution in [3.05, 3.63) is 35.9 Å². The van der Waals surface area contributed by atoms with Crippen LogP contribution in [0, 0.1) is 0 Å². The molecule has 5 heteroatoms. The first kappa shape index (κ1) is 14.2. The van der Waals surface area contributed by atoms with Gasteiger partial charge in [0.05, 0.1) is 5.75 Å². The van der Waals surface area contributed by atoms with E-state index >= 15 is 0 Å². The molecule has 0 atom stereocenters. The molecule has 1 aromatic carbocycles. The summed E-state index contributed by atoms with van der Waals surface area (Å²) in [7, 11) is -3.19. The van der Waals surface area contributed by atoms with Crippen molar-refractivity contribution in [2.45, 2.75) is 19.3 Å². The quantitative estimate of drug-likeness (QED) is 0.681. The number of rotatable bonds is 8. The lowest BCUT2D eigenvalue weighted by atomic mass is 10.2. The van der Waals surface area contributed by atoms with Gasteiger partial charge in [-0.15, -0.1) is 0 Å². The third-order valence-electron chi connectivity index (χ3n) is 2.41. The molecule has 0 saturated carbocycles. The first-order valence-electron chi connectivity index (χ1n) is 5.76. The van der Waals surface area contributed by atoms with Crippen molar-refractivity contribution in [2.24, 2.45) is 0 Å². The molecule has 0 aromatic heterocycles. The van der Waals surface area contributed by atoms with Crippen LogP contribution >= 0.6 is 0 Å². The number of unbranched alkanes of at least 4 members (excludes halogenated alkanes) is 1. The number of hydrogen-bond donors (Lipinski definition) is 2. The third-order valence-corrected chi connectivity index (χ3v) is 3.79. The van der Waals surface area contributed by atoms with E-state index in [1.54, 1.807) is 0 Å². The van der Waals surface area contributed by atoms with Gasteiger partial charge < -0.3 is 5.11 Å². The SMILES string of the molecule is O=S(=O)(CCc1ccccc1)NCCCCO. The first-order valence-corrected chi connectivity index (χ1v) is 7.41. The maximum atomic E-state index is 11.6. The molecule has 0 spiro atoms. The molecule has 0 heterocycles. The van der Waals surface area contributed by atoms with Gasteiger partial charge in [0.1, 0.15) is 0 Å². The number of benzene rings is 1. The lowest BCUT2D eigenvalue weighted by Gasteiger charge is -2.06. The van der Waals surface area contributed by atoms with Gasteiger partial charge in [0.15, 0.2) is 0 Å². The predicted molar refractivity (Wildman–Crippen MR) is 68.3 cm³/mol. The molecule has 17 heavy (non-hydrogen) atoms. The van der Waals surface area contributed by atoms with E-state index in [9.17, 15) is 8.42 Å². The van der Waals surface area contributed by atoms with Gasteiger partial charge in [-0.1, -0.05) is 30.3 Å². The highest BCUT2D eigenvalue weighted by Gasteiger charge is 2.09. The minimum absolute atomic E-state index is 0.103. The van der Waals surface area contributed by atoms with Gasteiger partial charge in [0.2, 0.25) is 10.0 Å². The number of aliphatic hydroxyl groups is 1. The zero-order valence-electron chi connectivity index (χ0n) is 9.80. The maximum absolute atomic E-state index is 11.6. The van der Waals surface area contributed by atoms with Gasteiger partial charge in [0, 0.05) is 13.2 Å². The van der Waals surface area contributed by atoms with Crippen LogP contribution in [0.25, 0.3) is 0 Å². The van der Waals surface area contributed by atoms with E-state index in [1.165, 1.54) is 0 Å². The molecule has 96 valence electrons. The van der Waals surface area contributed by atoms with Crippen LogP contribution in [0.1, 0.15) is 18.4 Å². The van der Waals surface area contributed by atoms with E-state index in [0.717, 1.165) is 5.56 Å². The van der Waals surface area contributed by atoms with Crippen molar-refractivity contribution in [1.29, 1.82) is 0 Å². The normalized spacial score (nSPS) is 11.6. The minimum atomic E-state index is -3.19. The Bertz CT molecular complexity index is 403. The number of hydrogen-bond acceptors (Lipinski definition) is 3. The topological polar surface area (TPSA) is 66.4 Å². The Kier molecular flexibility index (Phi) is 6.18. The number of sulfonamides is 1. The largest absolute Gasteiger partial charge is 0.396 e. The maximum Gasteiger partial charge on any atom is 0.211 e. The molecule has 0 amide bonds. The molecular formula is C12H19NO3S. The van der Waals surface area contributed by atoms with E-state index in [2.05, 4.69) is 4.72 Å². The van der Waals surface area contributed by atoms with Gasteiger partial charge in [-0.25, -0.2) is 13.1 Å². The van der Waals surface area contributed by atoms with E-state index < -0.39 is 10.0 Å². The fourth-order valence-corrected chi connectivity index (χ4v) is 2.54. The zero-order valence-corrected chi connectivity index (χ0v) is 10.6. The van der Waals surface area contributed by atoms with Gasteiger partial charge in [-0.2, -0.15) is 0 Å². The summed E-state index contributed by atoms with van der Waals surface area (Å²) >= 11 is 0. The smallest absolute Gasteiger partial charge is 0.211 e. The molecule has 0 bridgehead atoms. The fourth-order valence-electron chi connectivity index (χ4n) is 1.43. The van der Waals surface area contributed by atoms with Crippen molar-refractivity contribution in [3.8, 4) is 0 Å². The molecule has 0 aliphatic heterocycles. The standard InChI is InChI=1S/C12H19NO3S/c14-10-5-4-9-13-17(15,16)11-8-12-6-2-1-3-7-12/h1-3,6-7,13-14H,4-5,8-11H2. The van der Waals surface area contributed by atoms with Crippen molar-refractivity contribution < 1.29 is 13.5 Å². The highest BCUT2D eigenvalue weighted by Crippen LogP contribution is 2.01.